The molecule has 3 heteroatoms. The van der Waals surface area contributed by atoms with Crippen molar-refractivity contribution in [1.29, 1.82) is 0 Å². The Balaban J connectivity index is 4.92. The van der Waals surface area contributed by atoms with Gasteiger partial charge in [0.25, 0.3) is 0 Å². The van der Waals surface area contributed by atoms with Crippen molar-refractivity contribution in [3.8, 4) is 0 Å². The molecule has 0 aromatic heterocycles. The van der Waals surface area contributed by atoms with Crippen LogP contribution in [0.5, 0.6) is 0 Å². The van der Waals surface area contributed by atoms with Gasteiger partial charge in [0.2, 0.25) is 0 Å². The zero-order valence-corrected chi connectivity index (χ0v) is 15.7. The second-order valence-electron chi connectivity index (χ2n) is 7.04. The number of hydrogen-bond donors (Lipinski definition) is 1. The van der Waals surface area contributed by atoms with Crippen molar-refractivity contribution in [3.05, 3.63) is 0 Å². The number of nitrogens with one attached hydrogen (secondary N) is 1. The molecule has 0 fully saturated rings. The minimum atomic E-state index is -1.71. The lowest BCUT2D eigenvalue weighted by molar-refractivity contribution is 0.208. The number of likely N-dealkylation sites (N-methyl/N-ethyl adjacent to an activating group) is 1. The maximum absolute atomic E-state index is 6.67. The lowest BCUT2D eigenvalue weighted by Crippen LogP contribution is -2.51. The van der Waals surface area contributed by atoms with Gasteiger partial charge in [0.1, 0.15) is 0 Å². The molecule has 1 atom stereocenters. The van der Waals surface area contributed by atoms with Gasteiger partial charge in [-0.1, -0.05) is 62.3 Å². The molecule has 0 aliphatic rings. The first-order valence-electron chi connectivity index (χ1n) is 8.07. The van der Waals surface area contributed by atoms with Crippen LogP contribution in [0.4, 0.5) is 0 Å². The average Bonchev–Trinajstić information content (AvgIpc) is 2.26. The lowest BCUT2D eigenvalue weighted by atomic mass is 10.1. The first kappa shape index (κ1) is 19.1. The Morgan fingerprint density at radius 2 is 1.26 bits per heavy atom. The van der Waals surface area contributed by atoms with Crippen LogP contribution in [0, 0.1) is 5.92 Å². The van der Waals surface area contributed by atoms with Crippen molar-refractivity contribution in [1.82, 2.24) is 5.32 Å². The Bertz CT molecular complexity index is 217. The maximum Gasteiger partial charge on any atom is 0.200 e. The van der Waals surface area contributed by atoms with Crippen LogP contribution in [0.1, 0.15) is 62.3 Å². The van der Waals surface area contributed by atoms with E-state index in [4.69, 9.17) is 4.43 Å². The molecule has 0 heterocycles. The summed E-state index contributed by atoms with van der Waals surface area (Å²) in [6, 6.07) is 0.480. The summed E-state index contributed by atoms with van der Waals surface area (Å²) in [5.74, 6) is 0.623. The molecule has 116 valence electrons. The summed E-state index contributed by atoms with van der Waals surface area (Å²) in [6.07, 6.45) is 0. The topological polar surface area (TPSA) is 21.3 Å². The van der Waals surface area contributed by atoms with Crippen molar-refractivity contribution in [3.63, 3.8) is 0 Å². The Labute approximate surface area is 122 Å². The largest absolute Gasteiger partial charge is 0.414 e. The van der Waals surface area contributed by atoms with E-state index in [0.29, 0.717) is 28.6 Å². The monoisotopic (exact) mass is 287 g/mol. The molecule has 0 aliphatic carbocycles. The third kappa shape index (κ3) is 4.87. The van der Waals surface area contributed by atoms with Gasteiger partial charge in [0, 0.05) is 12.6 Å². The van der Waals surface area contributed by atoms with E-state index in [1.807, 2.05) is 0 Å². The molecule has 0 aliphatic heterocycles. The van der Waals surface area contributed by atoms with Crippen molar-refractivity contribution in [2.45, 2.75) is 85.0 Å². The molecule has 0 bridgehead atoms. The van der Waals surface area contributed by atoms with E-state index in [9.17, 15) is 0 Å². The van der Waals surface area contributed by atoms with Gasteiger partial charge in [-0.3, -0.25) is 0 Å². The predicted octanol–water partition coefficient (Wildman–Crippen LogP) is 4.81. The second-order valence-corrected chi connectivity index (χ2v) is 12.5. The van der Waals surface area contributed by atoms with Crippen LogP contribution in [-0.2, 0) is 4.43 Å². The van der Waals surface area contributed by atoms with Crippen LogP contribution in [0.2, 0.25) is 16.6 Å². The summed E-state index contributed by atoms with van der Waals surface area (Å²) in [6.45, 7) is 22.7. The Morgan fingerprint density at radius 3 is 1.53 bits per heavy atom. The van der Waals surface area contributed by atoms with E-state index in [2.05, 4.69) is 67.6 Å². The summed E-state index contributed by atoms with van der Waals surface area (Å²) in [4.78, 5) is 0. The fourth-order valence-electron chi connectivity index (χ4n) is 3.48. The first-order valence-corrected chi connectivity index (χ1v) is 10.2. The Hall–Kier alpha value is 0.137. The summed E-state index contributed by atoms with van der Waals surface area (Å²) < 4.78 is 6.67. The van der Waals surface area contributed by atoms with Crippen molar-refractivity contribution < 1.29 is 4.43 Å². The first-order chi connectivity index (χ1) is 8.70. The number of rotatable bonds is 9. The van der Waals surface area contributed by atoms with Gasteiger partial charge in [-0.2, -0.15) is 0 Å². The summed E-state index contributed by atoms with van der Waals surface area (Å²) >= 11 is 0. The summed E-state index contributed by atoms with van der Waals surface area (Å²) in [7, 11) is -1.71. The van der Waals surface area contributed by atoms with Crippen LogP contribution in [0.3, 0.4) is 0 Å². The fourth-order valence-corrected chi connectivity index (χ4v) is 8.95. The highest BCUT2D eigenvalue weighted by atomic mass is 28.4. The second kappa shape index (κ2) is 8.43. The minimum Gasteiger partial charge on any atom is -0.414 e. The molecule has 0 unspecified atom stereocenters. The van der Waals surface area contributed by atoms with Gasteiger partial charge < -0.3 is 9.74 Å². The van der Waals surface area contributed by atoms with E-state index >= 15 is 0 Å². The van der Waals surface area contributed by atoms with Gasteiger partial charge in [-0.15, -0.1) is 0 Å². The molecule has 0 aromatic carbocycles. The molecule has 1 N–H and O–H groups in total. The third-order valence-corrected chi connectivity index (χ3v) is 10.6. The van der Waals surface area contributed by atoms with Crippen LogP contribution >= 0.6 is 0 Å². The highest BCUT2D eigenvalue weighted by Crippen LogP contribution is 2.42. The van der Waals surface area contributed by atoms with Crippen LogP contribution in [0.15, 0.2) is 0 Å². The van der Waals surface area contributed by atoms with Crippen LogP contribution < -0.4 is 5.32 Å². The molecule has 0 aromatic rings. The van der Waals surface area contributed by atoms with Crippen molar-refractivity contribution in [2.75, 3.05) is 13.2 Å². The van der Waals surface area contributed by atoms with Crippen LogP contribution in [-0.4, -0.2) is 27.5 Å². The molecule has 0 saturated carbocycles. The van der Waals surface area contributed by atoms with E-state index in [-0.39, 0.29) is 0 Å². The Morgan fingerprint density at radius 1 is 0.842 bits per heavy atom. The highest BCUT2D eigenvalue weighted by Gasteiger charge is 2.45. The quantitative estimate of drug-likeness (QED) is 0.614. The third-order valence-electron chi connectivity index (χ3n) is 4.49. The minimum absolute atomic E-state index is 0.480. The smallest absolute Gasteiger partial charge is 0.200 e. The molecule has 0 amide bonds. The predicted molar refractivity (Wildman–Crippen MR) is 89.3 cm³/mol. The Kier molecular flexibility index (Phi) is 8.49. The zero-order chi connectivity index (χ0) is 15.2. The molecular weight excluding hydrogens is 250 g/mol. The van der Waals surface area contributed by atoms with Gasteiger partial charge in [-0.25, -0.2) is 0 Å². The molecular formula is C16H37NOSi. The maximum atomic E-state index is 6.67. The average molecular weight is 288 g/mol. The molecule has 2 nitrogen and oxygen atoms in total. The standard InChI is InChI=1S/C16H37NOSi/c1-10-17-16(12(2)3)11-18-19(13(4)5,14(6)7)15(8)9/h12-17H,10-11H2,1-9H3/t16-/m1/s1. The normalized spacial score (nSPS) is 15.0. The highest BCUT2D eigenvalue weighted by molar-refractivity contribution is 6.77. The van der Waals surface area contributed by atoms with E-state index in [1.54, 1.807) is 0 Å². The van der Waals surface area contributed by atoms with Gasteiger partial charge in [-0.05, 0) is 29.1 Å². The van der Waals surface area contributed by atoms with Crippen molar-refractivity contribution in [2.24, 2.45) is 5.92 Å². The number of hydrogen-bond acceptors (Lipinski definition) is 2. The van der Waals surface area contributed by atoms with E-state index in [1.165, 1.54) is 0 Å². The lowest BCUT2D eigenvalue weighted by Gasteiger charge is -2.43. The van der Waals surface area contributed by atoms with Gasteiger partial charge in [0.15, 0.2) is 8.32 Å². The molecule has 0 saturated heterocycles. The SMILES string of the molecule is CCN[C@H](CO[Si](C(C)C)(C(C)C)C(C)C)C(C)C. The molecule has 0 radical (unpaired) electrons. The van der Waals surface area contributed by atoms with Crippen molar-refractivity contribution >= 4 is 8.32 Å². The molecule has 0 rings (SSSR count). The summed E-state index contributed by atoms with van der Waals surface area (Å²) in [5, 5.41) is 3.57. The fraction of sp³-hybridized carbons (Fsp3) is 1.00. The van der Waals surface area contributed by atoms with E-state index < -0.39 is 8.32 Å². The molecule has 19 heavy (non-hydrogen) atoms. The van der Waals surface area contributed by atoms with Gasteiger partial charge in [0.05, 0.1) is 0 Å². The zero-order valence-electron chi connectivity index (χ0n) is 14.7. The summed E-state index contributed by atoms with van der Waals surface area (Å²) in [5.41, 5.74) is 2.01. The van der Waals surface area contributed by atoms with Crippen LogP contribution in [0.25, 0.3) is 0 Å². The van der Waals surface area contributed by atoms with Gasteiger partial charge >= 0.3 is 0 Å². The van der Waals surface area contributed by atoms with E-state index in [0.717, 1.165) is 13.2 Å². The molecule has 0 spiro atoms.